The second-order valence-corrected chi connectivity index (χ2v) is 5.13. The maximum absolute atomic E-state index is 6.04. The number of hydrogen-bond acceptors (Lipinski definition) is 1. The molecule has 5 unspecified atom stereocenters. The fourth-order valence-electron chi connectivity index (χ4n) is 2.47. The molecule has 1 fully saturated rings. The Hall–Kier alpha value is -0.0400. The Morgan fingerprint density at radius 3 is 1.85 bits per heavy atom. The van der Waals surface area contributed by atoms with Crippen molar-refractivity contribution >= 4 is 0 Å². The van der Waals surface area contributed by atoms with E-state index in [0.29, 0.717) is 30.0 Å². The van der Waals surface area contributed by atoms with Crippen molar-refractivity contribution in [2.24, 2.45) is 23.7 Å². The van der Waals surface area contributed by atoms with Crippen LogP contribution in [0.15, 0.2) is 0 Å². The summed E-state index contributed by atoms with van der Waals surface area (Å²) in [5, 5.41) is 0. The Morgan fingerprint density at radius 1 is 0.846 bits per heavy atom. The first kappa shape index (κ1) is 11.0. The molecule has 0 saturated carbocycles. The van der Waals surface area contributed by atoms with E-state index in [-0.39, 0.29) is 0 Å². The number of ether oxygens (including phenoxy) is 1. The van der Waals surface area contributed by atoms with Crippen molar-refractivity contribution in [3.05, 3.63) is 0 Å². The monoisotopic (exact) mass is 184 g/mol. The molecule has 5 atom stereocenters. The van der Waals surface area contributed by atoms with E-state index in [2.05, 4.69) is 41.5 Å². The minimum absolute atomic E-state index is 0.429. The van der Waals surface area contributed by atoms with Gasteiger partial charge < -0.3 is 4.74 Å². The van der Waals surface area contributed by atoms with Gasteiger partial charge in [-0.3, -0.25) is 0 Å². The molecule has 78 valence electrons. The molecule has 0 N–H and O–H groups in total. The maximum Gasteiger partial charge on any atom is 0.0629 e. The van der Waals surface area contributed by atoms with E-state index in [4.69, 9.17) is 4.74 Å². The lowest BCUT2D eigenvalue weighted by Gasteiger charge is -2.44. The van der Waals surface area contributed by atoms with Crippen molar-refractivity contribution in [2.75, 3.05) is 0 Å². The molecule has 1 rings (SSSR count). The molecule has 0 aromatic rings. The normalized spacial score (nSPS) is 46.8. The minimum Gasteiger partial charge on any atom is -0.374 e. The molecule has 0 aromatic carbocycles. The van der Waals surface area contributed by atoms with Gasteiger partial charge in [-0.05, 0) is 30.6 Å². The summed E-state index contributed by atoms with van der Waals surface area (Å²) in [6.07, 6.45) is 0.889. The first-order chi connectivity index (χ1) is 5.95. The average Bonchev–Trinajstić information content (AvgIpc) is 2.07. The first-order valence-electron chi connectivity index (χ1n) is 5.60. The van der Waals surface area contributed by atoms with Crippen molar-refractivity contribution in [3.8, 4) is 0 Å². The number of rotatable bonds is 1. The highest BCUT2D eigenvalue weighted by Gasteiger charge is 2.37. The molecule has 0 spiro atoms. The van der Waals surface area contributed by atoms with Gasteiger partial charge in [-0.25, -0.2) is 0 Å². The highest BCUT2D eigenvalue weighted by molar-refractivity contribution is 4.85. The Balaban J connectivity index is 2.70. The van der Waals surface area contributed by atoms with E-state index in [1.165, 1.54) is 0 Å². The summed E-state index contributed by atoms with van der Waals surface area (Å²) in [5.74, 6) is 2.83. The van der Waals surface area contributed by atoms with Gasteiger partial charge in [0.1, 0.15) is 0 Å². The minimum atomic E-state index is 0.429. The third-order valence-electron chi connectivity index (χ3n) is 3.95. The Labute approximate surface area is 82.9 Å². The van der Waals surface area contributed by atoms with Crippen LogP contribution in [0, 0.1) is 23.7 Å². The Kier molecular flexibility index (Phi) is 3.39. The van der Waals surface area contributed by atoms with E-state index in [1.807, 2.05) is 0 Å². The fourth-order valence-corrected chi connectivity index (χ4v) is 2.47. The fraction of sp³-hybridized carbons (Fsp3) is 1.00. The van der Waals surface area contributed by atoms with Gasteiger partial charge in [0.15, 0.2) is 0 Å². The van der Waals surface area contributed by atoms with Crippen LogP contribution in [0.1, 0.15) is 41.5 Å². The van der Waals surface area contributed by atoms with Crippen LogP contribution in [0.2, 0.25) is 0 Å². The largest absolute Gasteiger partial charge is 0.374 e. The molecule has 1 nitrogen and oxygen atoms in total. The summed E-state index contributed by atoms with van der Waals surface area (Å²) in [5.41, 5.74) is 0. The lowest BCUT2D eigenvalue weighted by molar-refractivity contribution is -0.141. The Bertz CT molecular complexity index is 165. The molecule has 0 aliphatic carbocycles. The molecule has 13 heavy (non-hydrogen) atoms. The van der Waals surface area contributed by atoms with Crippen LogP contribution in [-0.2, 0) is 4.74 Å². The van der Waals surface area contributed by atoms with Crippen LogP contribution in [0.5, 0.6) is 0 Å². The summed E-state index contributed by atoms with van der Waals surface area (Å²) in [6.45, 7) is 13.7. The SMILES string of the molecule is CC(C)C1OC(C)C(C)C(C)C1C. The predicted octanol–water partition coefficient (Wildman–Crippen LogP) is 3.34. The summed E-state index contributed by atoms with van der Waals surface area (Å²) in [4.78, 5) is 0. The van der Waals surface area contributed by atoms with Crippen molar-refractivity contribution in [1.82, 2.24) is 0 Å². The quantitative estimate of drug-likeness (QED) is 0.607. The smallest absolute Gasteiger partial charge is 0.0629 e. The standard InChI is InChI=1S/C12H24O/c1-7(2)12-10(5)8(3)9(4)11(6)13-12/h7-12H,1-6H3. The van der Waals surface area contributed by atoms with Gasteiger partial charge >= 0.3 is 0 Å². The van der Waals surface area contributed by atoms with Crippen LogP contribution in [0.4, 0.5) is 0 Å². The summed E-state index contributed by atoms with van der Waals surface area (Å²) in [6, 6.07) is 0. The van der Waals surface area contributed by atoms with Gasteiger partial charge in [0, 0.05) is 0 Å². The lowest BCUT2D eigenvalue weighted by Crippen LogP contribution is -2.45. The highest BCUT2D eigenvalue weighted by atomic mass is 16.5. The zero-order valence-corrected chi connectivity index (χ0v) is 9.87. The van der Waals surface area contributed by atoms with E-state index >= 15 is 0 Å². The molecule has 1 saturated heterocycles. The van der Waals surface area contributed by atoms with E-state index in [9.17, 15) is 0 Å². The van der Waals surface area contributed by atoms with Crippen LogP contribution in [0.25, 0.3) is 0 Å². The summed E-state index contributed by atoms with van der Waals surface area (Å²) in [7, 11) is 0. The highest BCUT2D eigenvalue weighted by Crippen LogP contribution is 2.37. The van der Waals surface area contributed by atoms with Gasteiger partial charge in [0.2, 0.25) is 0 Å². The van der Waals surface area contributed by atoms with Crippen LogP contribution >= 0.6 is 0 Å². The first-order valence-corrected chi connectivity index (χ1v) is 5.60. The van der Waals surface area contributed by atoms with Gasteiger partial charge in [-0.1, -0.05) is 34.6 Å². The van der Waals surface area contributed by atoms with Gasteiger partial charge in [-0.15, -0.1) is 0 Å². The second-order valence-electron chi connectivity index (χ2n) is 5.13. The van der Waals surface area contributed by atoms with Crippen molar-refractivity contribution in [2.45, 2.75) is 53.8 Å². The van der Waals surface area contributed by atoms with Crippen LogP contribution < -0.4 is 0 Å². The van der Waals surface area contributed by atoms with E-state index < -0.39 is 0 Å². The molecule has 0 radical (unpaired) electrons. The maximum atomic E-state index is 6.04. The van der Waals surface area contributed by atoms with Gasteiger partial charge in [0.05, 0.1) is 12.2 Å². The third kappa shape index (κ3) is 2.07. The van der Waals surface area contributed by atoms with E-state index in [1.54, 1.807) is 0 Å². The van der Waals surface area contributed by atoms with E-state index in [0.717, 1.165) is 5.92 Å². The molecular weight excluding hydrogens is 160 g/mol. The van der Waals surface area contributed by atoms with Crippen molar-refractivity contribution < 1.29 is 4.74 Å². The Morgan fingerprint density at radius 2 is 1.38 bits per heavy atom. The topological polar surface area (TPSA) is 9.23 Å². The average molecular weight is 184 g/mol. The van der Waals surface area contributed by atoms with Gasteiger partial charge in [-0.2, -0.15) is 0 Å². The number of hydrogen-bond donors (Lipinski definition) is 0. The zero-order valence-electron chi connectivity index (χ0n) is 9.87. The van der Waals surface area contributed by atoms with Crippen molar-refractivity contribution in [3.63, 3.8) is 0 Å². The van der Waals surface area contributed by atoms with Crippen LogP contribution in [0.3, 0.4) is 0 Å². The zero-order chi connectivity index (χ0) is 10.2. The van der Waals surface area contributed by atoms with Crippen molar-refractivity contribution in [1.29, 1.82) is 0 Å². The predicted molar refractivity (Wildman–Crippen MR) is 56.7 cm³/mol. The molecule has 1 aliphatic heterocycles. The third-order valence-corrected chi connectivity index (χ3v) is 3.95. The molecule has 1 aliphatic rings. The molecule has 1 heterocycles. The molecule has 0 amide bonds. The van der Waals surface area contributed by atoms with Crippen LogP contribution in [-0.4, -0.2) is 12.2 Å². The summed E-state index contributed by atoms with van der Waals surface area (Å²) < 4.78 is 6.04. The molecule has 0 bridgehead atoms. The lowest BCUT2D eigenvalue weighted by atomic mass is 9.74. The molecule has 0 aromatic heterocycles. The van der Waals surface area contributed by atoms with Gasteiger partial charge in [0.25, 0.3) is 0 Å². The molecular formula is C12H24O. The second kappa shape index (κ2) is 4.00. The molecule has 1 heteroatoms. The summed E-state index contributed by atoms with van der Waals surface area (Å²) >= 11 is 0.